The summed E-state index contributed by atoms with van der Waals surface area (Å²) in [5.41, 5.74) is 0. The Morgan fingerprint density at radius 1 is 1.54 bits per heavy atom. The summed E-state index contributed by atoms with van der Waals surface area (Å²) in [6, 6.07) is 0. The van der Waals surface area contributed by atoms with Crippen molar-refractivity contribution >= 4 is 5.95 Å². The molecule has 0 aliphatic rings. The van der Waals surface area contributed by atoms with Crippen LogP contribution in [-0.4, -0.2) is 34.4 Å². The van der Waals surface area contributed by atoms with E-state index in [0.29, 0.717) is 6.54 Å². The molecule has 4 nitrogen and oxygen atoms in total. The number of rotatable bonds is 5. The number of likely N-dealkylation sites (N-methyl/N-ethyl adjacent to an activating group) is 1. The van der Waals surface area contributed by atoms with Crippen LogP contribution in [0.4, 0.5) is 5.95 Å². The maximum absolute atomic E-state index is 8.85. The first-order valence-electron chi connectivity index (χ1n) is 4.70. The van der Waals surface area contributed by atoms with Crippen LogP contribution >= 0.6 is 0 Å². The van der Waals surface area contributed by atoms with E-state index in [1.165, 1.54) is 0 Å². The average molecular weight is 183 g/mol. The van der Waals surface area contributed by atoms with E-state index in [1.807, 2.05) is 6.20 Å². The second kappa shape index (κ2) is 4.87. The molecular formula is C9H17N3O. The van der Waals surface area contributed by atoms with Gasteiger partial charge in [0.25, 0.3) is 0 Å². The van der Waals surface area contributed by atoms with E-state index in [1.54, 1.807) is 6.20 Å². The monoisotopic (exact) mass is 183 g/mol. The van der Waals surface area contributed by atoms with Crippen LogP contribution in [0.3, 0.4) is 0 Å². The third kappa shape index (κ3) is 2.21. The minimum atomic E-state index is 0.171. The highest BCUT2D eigenvalue weighted by atomic mass is 16.3. The Morgan fingerprint density at radius 2 is 2.31 bits per heavy atom. The lowest BCUT2D eigenvalue weighted by Gasteiger charge is -2.21. The fourth-order valence-corrected chi connectivity index (χ4v) is 1.35. The molecule has 0 aliphatic heterocycles. The summed E-state index contributed by atoms with van der Waals surface area (Å²) in [6.45, 7) is 6.75. The zero-order valence-electron chi connectivity index (χ0n) is 8.27. The SMILES string of the molecule is CCN(CCO)c1nccn1CC. The number of aliphatic hydroxyl groups is 1. The highest BCUT2D eigenvalue weighted by Crippen LogP contribution is 2.10. The average Bonchev–Trinajstić information content (AvgIpc) is 2.61. The van der Waals surface area contributed by atoms with Crippen LogP contribution in [0.25, 0.3) is 0 Å². The molecular weight excluding hydrogens is 166 g/mol. The van der Waals surface area contributed by atoms with Crippen molar-refractivity contribution in [3.63, 3.8) is 0 Å². The fourth-order valence-electron chi connectivity index (χ4n) is 1.35. The maximum atomic E-state index is 8.85. The van der Waals surface area contributed by atoms with Gasteiger partial charge in [0.1, 0.15) is 0 Å². The molecule has 1 N–H and O–H groups in total. The van der Waals surface area contributed by atoms with Crippen molar-refractivity contribution in [2.24, 2.45) is 0 Å². The van der Waals surface area contributed by atoms with Gasteiger partial charge in [0.05, 0.1) is 6.61 Å². The molecule has 1 aromatic heterocycles. The molecule has 0 fully saturated rings. The largest absolute Gasteiger partial charge is 0.395 e. The van der Waals surface area contributed by atoms with E-state index in [2.05, 4.69) is 28.3 Å². The van der Waals surface area contributed by atoms with Crippen LogP contribution in [0.15, 0.2) is 12.4 Å². The van der Waals surface area contributed by atoms with Crippen molar-refractivity contribution in [1.29, 1.82) is 0 Å². The number of aromatic nitrogens is 2. The molecule has 1 rings (SSSR count). The summed E-state index contributed by atoms with van der Waals surface area (Å²) in [4.78, 5) is 6.31. The van der Waals surface area contributed by atoms with Crippen LogP contribution in [0.1, 0.15) is 13.8 Å². The Kier molecular flexibility index (Phi) is 3.76. The first-order valence-corrected chi connectivity index (χ1v) is 4.70. The molecule has 74 valence electrons. The standard InChI is InChI=1S/C9H17N3O/c1-3-11-6-5-10-9(11)12(4-2)7-8-13/h5-6,13H,3-4,7-8H2,1-2H3. The molecule has 13 heavy (non-hydrogen) atoms. The first kappa shape index (κ1) is 10.1. The normalized spacial score (nSPS) is 10.4. The summed E-state index contributed by atoms with van der Waals surface area (Å²) in [6.07, 6.45) is 3.74. The fraction of sp³-hybridized carbons (Fsp3) is 0.667. The quantitative estimate of drug-likeness (QED) is 0.731. The molecule has 0 saturated heterocycles. The molecule has 0 aliphatic carbocycles. The van der Waals surface area contributed by atoms with Gasteiger partial charge in [-0.2, -0.15) is 0 Å². The van der Waals surface area contributed by atoms with Crippen molar-refractivity contribution < 1.29 is 5.11 Å². The first-order chi connectivity index (χ1) is 6.33. The van der Waals surface area contributed by atoms with Crippen LogP contribution in [0, 0.1) is 0 Å². The van der Waals surface area contributed by atoms with Crippen LogP contribution < -0.4 is 4.90 Å². The zero-order valence-corrected chi connectivity index (χ0v) is 8.27. The summed E-state index contributed by atoms with van der Waals surface area (Å²) in [7, 11) is 0. The summed E-state index contributed by atoms with van der Waals surface area (Å²) < 4.78 is 2.07. The van der Waals surface area contributed by atoms with E-state index in [0.717, 1.165) is 19.0 Å². The van der Waals surface area contributed by atoms with Gasteiger partial charge in [0.2, 0.25) is 5.95 Å². The molecule has 0 aromatic carbocycles. The minimum absolute atomic E-state index is 0.171. The predicted molar refractivity (Wildman–Crippen MR) is 52.9 cm³/mol. The van der Waals surface area contributed by atoms with E-state index >= 15 is 0 Å². The van der Waals surface area contributed by atoms with E-state index < -0.39 is 0 Å². The Hall–Kier alpha value is -1.03. The molecule has 1 aromatic rings. The Labute approximate surface area is 78.8 Å². The molecule has 1 heterocycles. The van der Waals surface area contributed by atoms with Gasteiger partial charge in [-0.25, -0.2) is 4.98 Å². The molecule has 0 unspecified atom stereocenters. The van der Waals surface area contributed by atoms with Gasteiger partial charge in [-0.05, 0) is 13.8 Å². The van der Waals surface area contributed by atoms with Crippen LogP contribution in [0.5, 0.6) is 0 Å². The number of imidazole rings is 1. The topological polar surface area (TPSA) is 41.3 Å². The Bertz CT molecular complexity index is 247. The van der Waals surface area contributed by atoms with Crippen molar-refractivity contribution in [2.45, 2.75) is 20.4 Å². The second-order valence-corrected chi connectivity index (χ2v) is 2.82. The summed E-state index contributed by atoms with van der Waals surface area (Å²) in [5, 5.41) is 8.85. The number of anilines is 1. The molecule has 0 atom stereocenters. The van der Waals surface area contributed by atoms with Gasteiger partial charge in [0.15, 0.2) is 0 Å². The molecule has 0 saturated carbocycles. The molecule has 0 radical (unpaired) electrons. The van der Waals surface area contributed by atoms with Crippen LogP contribution in [-0.2, 0) is 6.54 Å². The predicted octanol–water partition coefficient (Wildman–Crippen LogP) is 0.722. The van der Waals surface area contributed by atoms with Crippen molar-refractivity contribution in [1.82, 2.24) is 9.55 Å². The number of aliphatic hydroxyl groups excluding tert-OH is 1. The van der Waals surface area contributed by atoms with E-state index in [-0.39, 0.29) is 6.61 Å². The second-order valence-electron chi connectivity index (χ2n) is 2.82. The summed E-state index contributed by atoms with van der Waals surface area (Å²) >= 11 is 0. The molecule has 0 amide bonds. The van der Waals surface area contributed by atoms with Gasteiger partial charge in [-0.15, -0.1) is 0 Å². The lowest BCUT2D eigenvalue weighted by atomic mass is 10.5. The summed E-state index contributed by atoms with van der Waals surface area (Å²) in [5.74, 6) is 0.944. The lowest BCUT2D eigenvalue weighted by molar-refractivity contribution is 0.301. The number of hydrogen-bond donors (Lipinski definition) is 1. The van der Waals surface area contributed by atoms with Gasteiger partial charge in [-0.1, -0.05) is 0 Å². The number of hydrogen-bond acceptors (Lipinski definition) is 3. The minimum Gasteiger partial charge on any atom is -0.395 e. The van der Waals surface area contributed by atoms with Crippen molar-refractivity contribution in [2.75, 3.05) is 24.6 Å². The van der Waals surface area contributed by atoms with Crippen molar-refractivity contribution in [3.05, 3.63) is 12.4 Å². The smallest absolute Gasteiger partial charge is 0.205 e. The lowest BCUT2D eigenvalue weighted by Crippen LogP contribution is -2.28. The van der Waals surface area contributed by atoms with E-state index in [4.69, 9.17) is 5.11 Å². The molecule has 0 bridgehead atoms. The Balaban J connectivity index is 2.77. The van der Waals surface area contributed by atoms with Gasteiger partial charge < -0.3 is 14.6 Å². The molecule has 0 spiro atoms. The van der Waals surface area contributed by atoms with Crippen LogP contribution in [0.2, 0.25) is 0 Å². The van der Waals surface area contributed by atoms with E-state index in [9.17, 15) is 0 Å². The number of nitrogens with zero attached hydrogens (tertiary/aromatic N) is 3. The highest BCUT2D eigenvalue weighted by molar-refractivity contribution is 5.30. The van der Waals surface area contributed by atoms with Gasteiger partial charge >= 0.3 is 0 Å². The van der Waals surface area contributed by atoms with Crippen molar-refractivity contribution in [3.8, 4) is 0 Å². The third-order valence-electron chi connectivity index (χ3n) is 2.07. The zero-order chi connectivity index (χ0) is 9.68. The van der Waals surface area contributed by atoms with Gasteiger partial charge in [-0.3, -0.25) is 0 Å². The third-order valence-corrected chi connectivity index (χ3v) is 2.07. The maximum Gasteiger partial charge on any atom is 0.205 e. The number of aryl methyl sites for hydroxylation is 1. The van der Waals surface area contributed by atoms with Gasteiger partial charge in [0, 0.05) is 32.0 Å². The Morgan fingerprint density at radius 3 is 2.85 bits per heavy atom. The molecule has 4 heteroatoms. The highest BCUT2D eigenvalue weighted by Gasteiger charge is 2.08.